The fourth-order valence-corrected chi connectivity index (χ4v) is 16.2. The number of aliphatic carboxylic acids is 1. The van der Waals surface area contributed by atoms with Crippen LogP contribution in [0.5, 0.6) is 0 Å². The summed E-state index contributed by atoms with van der Waals surface area (Å²) >= 11 is 0. The number of hydrogen-bond donors (Lipinski definition) is 13. The summed E-state index contributed by atoms with van der Waals surface area (Å²) in [5.41, 5.74) is -4.04. The lowest BCUT2D eigenvalue weighted by Gasteiger charge is -2.72. The van der Waals surface area contributed by atoms with E-state index in [0.717, 1.165) is 5.57 Å². The lowest BCUT2D eigenvalue weighted by molar-refractivity contribution is -0.392. The van der Waals surface area contributed by atoms with Crippen LogP contribution in [0.15, 0.2) is 11.6 Å². The summed E-state index contributed by atoms with van der Waals surface area (Å²) in [6.07, 6.45) is -27.9. The third-order valence-corrected chi connectivity index (χ3v) is 20.8. The van der Waals surface area contributed by atoms with Crippen LogP contribution in [0, 0.1) is 56.2 Å². The van der Waals surface area contributed by atoms with Crippen molar-refractivity contribution in [2.24, 2.45) is 56.2 Å². The van der Waals surface area contributed by atoms with Crippen LogP contribution in [0.2, 0.25) is 0 Å². The summed E-state index contributed by atoms with van der Waals surface area (Å²) in [5.74, 6) is -4.24. The Labute approximate surface area is 453 Å². The van der Waals surface area contributed by atoms with Gasteiger partial charge in [0.05, 0.1) is 50.0 Å². The molecule has 0 aromatic heterocycles. The molecule has 4 saturated carbocycles. The first-order chi connectivity index (χ1) is 36.4. The molecule has 0 amide bonds. The average molecular weight is 1120 g/mol. The first-order valence-corrected chi connectivity index (χ1v) is 27.5. The Hall–Kier alpha value is -2.57. The minimum Gasteiger partial charge on any atom is -0.479 e. The van der Waals surface area contributed by atoms with Crippen molar-refractivity contribution in [3.63, 3.8) is 0 Å². The molecule has 8 aliphatic rings. The minimum atomic E-state index is -2.17. The van der Waals surface area contributed by atoms with Crippen LogP contribution < -0.4 is 0 Å². The molecule has 5 aliphatic carbocycles. The monoisotopic (exact) mass is 1120 g/mol. The van der Waals surface area contributed by atoms with E-state index in [4.69, 9.17) is 37.9 Å². The van der Waals surface area contributed by atoms with Gasteiger partial charge >= 0.3 is 17.9 Å². The minimum absolute atomic E-state index is 0.0782. The highest BCUT2D eigenvalue weighted by molar-refractivity contribution is 5.73. The highest BCUT2D eigenvalue weighted by Gasteiger charge is 2.74. The molecule has 0 aromatic rings. The summed E-state index contributed by atoms with van der Waals surface area (Å²) in [5, 5.41) is 143. The number of hydrogen-bond acceptors (Lipinski definition) is 23. The quantitative estimate of drug-likeness (QED) is 0.0527. The molecular formula is C54H86O24. The van der Waals surface area contributed by atoms with Gasteiger partial charge in [0.25, 0.3) is 0 Å². The van der Waals surface area contributed by atoms with E-state index in [1.54, 1.807) is 13.8 Å². The lowest BCUT2D eigenvalue weighted by atomic mass is 9.33. The van der Waals surface area contributed by atoms with Crippen LogP contribution >= 0.6 is 0 Å². The van der Waals surface area contributed by atoms with E-state index in [1.807, 2.05) is 20.8 Å². The highest BCUT2D eigenvalue weighted by atomic mass is 16.8. The van der Waals surface area contributed by atoms with Crippen molar-refractivity contribution in [1.29, 1.82) is 0 Å². The average Bonchev–Trinajstić information content (AvgIpc) is 2.21. The Morgan fingerprint density at radius 3 is 1.74 bits per heavy atom. The second-order valence-corrected chi connectivity index (χ2v) is 25.7. The van der Waals surface area contributed by atoms with Gasteiger partial charge in [0, 0.05) is 17.8 Å². The van der Waals surface area contributed by atoms with Crippen molar-refractivity contribution < 1.29 is 119 Å². The van der Waals surface area contributed by atoms with Crippen LogP contribution in [0.1, 0.15) is 107 Å². The molecule has 24 heteroatoms. The molecule has 13 N–H and O–H groups in total. The Balaban J connectivity index is 1.11. The molecule has 446 valence electrons. The molecule has 8 rings (SSSR count). The second-order valence-electron chi connectivity index (χ2n) is 25.7. The fraction of sp³-hybridized carbons (Fsp3) is 0.907. The van der Waals surface area contributed by atoms with E-state index in [2.05, 4.69) is 26.8 Å². The number of carboxylic acids is 1. The van der Waals surface area contributed by atoms with Gasteiger partial charge in [-0.3, -0.25) is 9.59 Å². The smallest absolute Gasteiger partial charge is 0.335 e. The van der Waals surface area contributed by atoms with Gasteiger partial charge in [-0.15, -0.1) is 0 Å². The number of allylic oxidation sites excluding steroid dienone is 2. The molecule has 78 heavy (non-hydrogen) atoms. The Bertz CT molecular complexity index is 2210. The number of carbonyl (C=O) groups excluding carboxylic acids is 2. The maximum absolute atomic E-state index is 13.2. The number of ether oxygens (including phenoxy) is 8. The number of rotatable bonds is 14. The standard InChI is InChI=1S/C54H86O24/c1-22(2)45(70)78-42-43(71-23(3)59)54(21-58)25(16-49(42,4)5)24-10-11-29-50(6)14-13-31(51(7,20-57)28(50)12-15-52(29,8)53(24,9)17-30(54)60)74-48-40(76-47-37(66)35(64)33(62)27(19-56)73-47)38(67)39(41(77-48)44(68)69)75-46-36(65)34(63)32(61)26(18-55)72-46/h10,22,25-43,46-48,55-58,60-67H,11-21H2,1-9H3,(H,68,69). The van der Waals surface area contributed by atoms with Crippen molar-refractivity contribution in [3.05, 3.63) is 11.6 Å². The highest BCUT2D eigenvalue weighted by Crippen LogP contribution is 2.76. The SMILES string of the molecule is CC(=O)OC1C(OC(=O)C(C)C)C(C)(C)CC2C3=CCC4C5(C)CCC(OC6OC(C(=O)O)C(OC7OC(CO)C(O)C(O)C7O)C(O)C6OC6OC(CO)C(O)C(O)C6O)C(C)(CO)C5CCC4(C)C3(C)CC(O)C21CO. The van der Waals surface area contributed by atoms with Crippen LogP contribution in [0.3, 0.4) is 0 Å². The van der Waals surface area contributed by atoms with Gasteiger partial charge in [-0.2, -0.15) is 0 Å². The zero-order valence-electron chi connectivity index (χ0n) is 45.9. The van der Waals surface area contributed by atoms with Gasteiger partial charge in [0.2, 0.25) is 0 Å². The number of carboxylic acid groups (broad SMARTS) is 1. The maximum Gasteiger partial charge on any atom is 0.335 e. The van der Waals surface area contributed by atoms with E-state index in [0.29, 0.717) is 32.1 Å². The number of fused-ring (bicyclic) bond motifs is 7. The third kappa shape index (κ3) is 9.69. The molecule has 7 fully saturated rings. The van der Waals surface area contributed by atoms with Crippen molar-refractivity contribution in [2.45, 2.75) is 224 Å². The number of aliphatic hydroxyl groups excluding tert-OH is 12. The van der Waals surface area contributed by atoms with Gasteiger partial charge in [0.15, 0.2) is 25.0 Å². The van der Waals surface area contributed by atoms with Crippen molar-refractivity contribution in [2.75, 3.05) is 26.4 Å². The first-order valence-electron chi connectivity index (χ1n) is 27.5. The van der Waals surface area contributed by atoms with E-state index < -0.39 is 205 Å². The second kappa shape index (κ2) is 22.2. The predicted octanol–water partition coefficient (Wildman–Crippen LogP) is -1.63. The summed E-state index contributed by atoms with van der Waals surface area (Å²) in [4.78, 5) is 39.3. The predicted molar refractivity (Wildman–Crippen MR) is 264 cm³/mol. The van der Waals surface area contributed by atoms with Crippen LogP contribution in [0.4, 0.5) is 0 Å². The Morgan fingerprint density at radius 1 is 0.654 bits per heavy atom. The van der Waals surface area contributed by atoms with E-state index in [1.165, 1.54) is 6.92 Å². The van der Waals surface area contributed by atoms with E-state index in [-0.39, 0.29) is 24.7 Å². The van der Waals surface area contributed by atoms with Crippen molar-refractivity contribution in [1.82, 2.24) is 0 Å². The summed E-state index contributed by atoms with van der Waals surface area (Å²) in [7, 11) is 0. The van der Waals surface area contributed by atoms with Gasteiger partial charge in [0.1, 0.15) is 79.4 Å². The van der Waals surface area contributed by atoms with Crippen LogP contribution in [-0.2, 0) is 52.3 Å². The molecule has 0 spiro atoms. The van der Waals surface area contributed by atoms with Gasteiger partial charge in [-0.05, 0) is 78.9 Å². The molecule has 0 radical (unpaired) electrons. The zero-order chi connectivity index (χ0) is 57.7. The number of carbonyl (C=O) groups is 3. The third-order valence-electron chi connectivity index (χ3n) is 20.8. The summed E-state index contributed by atoms with van der Waals surface area (Å²) in [6, 6.07) is 0. The Kier molecular flexibility index (Phi) is 17.5. The van der Waals surface area contributed by atoms with E-state index in [9.17, 15) is 80.8 Å². The topological polar surface area (TPSA) is 388 Å². The molecular weight excluding hydrogens is 1030 g/mol. The van der Waals surface area contributed by atoms with Crippen LogP contribution in [0.25, 0.3) is 0 Å². The number of esters is 2. The van der Waals surface area contributed by atoms with Crippen molar-refractivity contribution >= 4 is 17.9 Å². The molecule has 3 saturated heterocycles. The molecule has 3 heterocycles. The normalized spacial score (nSPS) is 51.0. The molecule has 27 unspecified atom stereocenters. The van der Waals surface area contributed by atoms with Crippen molar-refractivity contribution in [3.8, 4) is 0 Å². The summed E-state index contributed by atoms with van der Waals surface area (Å²) in [6.45, 7) is 14.2. The van der Waals surface area contributed by atoms with Gasteiger partial charge in [-0.25, -0.2) is 4.79 Å². The molecule has 3 aliphatic heterocycles. The first kappa shape index (κ1) is 61.5. The Morgan fingerprint density at radius 2 is 1.23 bits per heavy atom. The zero-order valence-corrected chi connectivity index (χ0v) is 45.9. The molecule has 0 aromatic carbocycles. The summed E-state index contributed by atoms with van der Waals surface area (Å²) < 4.78 is 48.1. The number of aliphatic hydroxyl groups is 12. The largest absolute Gasteiger partial charge is 0.479 e. The molecule has 24 nitrogen and oxygen atoms in total. The fourth-order valence-electron chi connectivity index (χ4n) is 16.2. The lowest BCUT2D eigenvalue weighted by Crippen LogP contribution is -2.72. The maximum atomic E-state index is 13.2. The van der Waals surface area contributed by atoms with Gasteiger partial charge in [-0.1, -0.05) is 67.0 Å². The molecule has 27 atom stereocenters. The van der Waals surface area contributed by atoms with E-state index >= 15 is 0 Å². The van der Waals surface area contributed by atoms with Crippen LogP contribution in [-0.4, -0.2) is 227 Å². The van der Waals surface area contributed by atoms with Gasteiger partial charge < -0.3 is 104 Å². The molecule has 0 bridgehead atoms.